The molecular weight excluding hydrogens is 426 g/mol. The maximum absolute atomic E-state index is 13.1. The molecule has 1 saturated heterocycles. The van der Waals surface area contributed by atoms with Gasteiger partial charge in [0, 0.05) is 30.7 Å². The van der Waals surface area contributed by atoms with Crippen molar-refractivity contribution in [1.29, 1.82) is 0 Å². The number of rotatable bonds is 5. The Kier molecular flexibility index (Phi) is 7.62. The third kappa shape index (κ3) is 6.02. The number of nitrogens with zero attached hydrogens (tertiary/aromatic N) is 2. The summed E-state index contributed by atoms with van der Waals surface area (Å²) in [5.41, 5.74) is 1.40. The monoisotopic (exact) mass is 460 g/mol. The molecule has 1 aliphatic rings. The predicted octanol–water partition coefficient (Wildman–Crippen LogP) is 6.05. The van der Waals surface area contributed by atoms with E-state index in [-0.39, 0.29) is 29.8 Å². The first-order chi connectivity index (χ1) is 15.5. The second kappa shape index (κ2) is 10.1. The van der Waals surface area contributed by atoms with Gasteiger partial charge in [0.15, 0.2) is 0 Å². The number of amides is 1. The number of methoxy groups -OCH3 is 1. The molecule has 5 nitrogen and oxygen atoms in total. The summed E-state index contributed by atoms with van der Waals surface area (Å²) >= 11 is 0. The highest BCUT2D eigenvalue weighted by Gasteiger charge is 2.38. The Balaban J connectivity index is 1.92. The van der Waals surface area contributed by atoms with E-state index >= 15 is 0 Å². The van der Waals surface area contributed by atoms with Crippen LogP contribution >= 0.6 is 0 Å². The van der Waals surface area contributed by atoms with Crippen LogP contribution in [0, 0.1) is 0 Å². The van der Waals surface area contributed by atoms with E-state index in [2.05, 4.69) is 11.8 Å². The van der Waals surface area contributed by atoms with Crippen molar-refractivity contribution < 1.29 is 23.0 Å². The van der Waals surface area contributed by atoms with Crippen LogP contribution in [0.1, 0.15) is 63.8 Å². The predicted molar refractivity (Wildman–Crippen MR) is 125 cm³/mol. The Hall–Kier alpha value is -2.67. The molecule has 0 aromatic heterocycles. The van der Waals surface area contributed by atoms with Crippen molar-refractivity contribution in [3.8, 4) is 5.75 Å². The first-order valence-corrected chi connectivity index (χ1v) is 11.3. The molecule has 1 aliphatic heterocycles. The van der Waals surface area contributed by atoms with Gasteiger partial charge in [-0.05, 0) is 57.9 Å². The lowest BCUT2D eigenvalue weighted by atomic mass is 9.93. The van der Waals surface area contributed by atoms with Gasteiger partial charge in [0.2, 0.25) is 0 Å². The zero-order valence-corrected chi connectivity index (χ0v) is 20.2. The highest BCUT2D eigenvalue weighted by atomic mass is 19.3. The van der Waals surface area contributed by atoms with Crippen LogP contribution in [0.4, 0.5) is 13.6 Å². The molecule has 3 atom stereocenters. The molecule has 33 heavy (non-hydrogen) atoms. The van der Waals surface area contributed by atoms with Crippen molar-refractivity contribution >= 4 is 6.09 Å². The number of carbonyl (C=O) groups is 1. The molecule has 180 valence electrons. The van der Waals surface area contributed by atoms with E-state index in [0.717, 1.165) is 16.9 Å². The second-order valence-corrected chi connectivity index (χ2v) is 9.67. The van der Waals surface area contributed by atoms with Gasteiger partial charge in [-0.15, -0.1) is 0 Å². The van der Waals surface area contributed by atoms with E-state index in [1.54, 1.807) is 24.1 Å². The van der Waals surface area contributed by atoms with Crippen molar-refractivity contribution in [1.82, 2.24) is 9.80 Å². The SMILES string of the molecule is COc1ccc(C(c2ccc(C(F)F)cc2)N2C[C@H](C)N(C(=O)OC(C)(C)C)C[C@H]2C)cc1. The van der Waals surface area contributed by atoms with Gasteiger partial charge >= 0.3 is 6.09 Å². The van der Waals surface area contributed by atoms with Crippen LogP contribution < -0.4 is 4.74 Å². The average molecular weight is 461 g/mol. The lowest BCUT2D eigenvalue weighted by Crippen LogP contribution is -2.59. The summed E-state index contributed by atoms with van der Waals surface area (Å²) in [6.07, 6.45) is -2.82. The molecule has 7 heteroatoms. The first kappa shape index (κ1) is 25.0. The molecule has 0 saturated carbocycles. The summed E-state index contributed by atoms with van der Waals surface area (Å²) in [5.74, 6) is 0.752. The fraction of sp³-hybridized carbons (Fsp3) is 0.500. The Bertz CT molecular complexity index is 926. The van der Waals surface area contributed by atoms with Gasteiger partial charge in [-0.25, -0.2) is 13.6 Å². The number of hydrogen-bond acceptors (Lipinski definition) is 4. The minimum atomic E-state index is -2.50. The van der Waals surface area contributed by atoms with Crippen molar-refractivity contribution in [2.75, 3.05) is 20.2 Å². The number of alkyl halides is 2. The number of halogens is 2. The number of hydrogen-bond donors (Lipinski definition) is 0. The molecule has 0 spiro atoms. The minimum absolute atomic E-state index is 0.00314. The van der Waals surface area contributed by atoms with Crippen LogP contribution in [0.15, 0.2) is 48.5 Å². The maximum Gasteiger partial charge on any atom is 0.410 e. The van der Waals surface area contributed by atoms with Gasteiger partial charge in [-0.3, -0.25) is 4.90 Å². The van der Waals surface area contributed by atoms with Crippen molar-refractivity contribution in [3.63, 3.8) is 0 Å². The molecule has 1 heterocycles. The third-order valence-electron chi connectivity index (χ3n) is 5.93. The van der Waals surface area contributed by atoms with Crippen molar-refractivity contribution in [2.24, 2.45) is 0 Å². The zero-order valence-electron chi connectivity index (χ0n) is 20.2. The fourth-order valence-corrected chi connectivity index (χ4v) is 4.27. The van der Waals surface area contributed by atoms with Gasteiger partial charge in [0.05, 0.1) is 13.2 Å². The van der Waals surface area contributed by atoms with Crippen LogP contribution in [0.5, 0.6) is 5.75 Å². The molecule has 0 N–H and O–H groups in total. The third-order valence-corrected chi connectivity index (χ3v) is 5.93. The Morgan fingerprint density at radius 1 is 0.909 bits per heavy atom. The van der Waals surface area contributed by atoms with Gasteiger partial charge in [0.1, 0.15) is 11.4 Å². The summed E-state index contributed by atoms with van der Waals surface area (Å²) < 4.78 is 37.2. The standard InChI is InChI=1S/C26H34F2N2O3/c1-17-16-30(25(31)33-26(3,4)5)18(2)15-29(17)23(20-11-13-22(32-6)14-12-20)19-7-9-21(10-8-19)24(27)28/h7-14,17-18,23-24H,15-16H2,1-6H3/t17-,18+,23?/m1/s1. The van der Waals surface area contributed by atoms with Crippen LogP contribution in [-0.2, 0) is 4.74 Å². The molecule has 0 bridgehead atoms. The van der Waals surface area contributed by atoms with Crippen LogP contribution in [-0.4, -0.2) is 53.8 Å². The van der Waals surface area contributed by atoms with Crippen molar-refractivity contribution in [2.45, 2.75) is 64.8 Å². The minimum Gasteiger partial charge on any atom is -0.497 e. The van der Waals surface area contributed by atoms with E-state index in [1.807, 2.05) is 52.0 Å². The van der Waals surface area contributed by atoms with E-state index in [1.165, 1.54) is 12.1 Å². The highest BCUT2D eigenvalue weighted by molar-refractivity contribution is 5.68. The highest BCUT2D eigenvalue weighted by Crippen LogP contribution is 2.35. The van der Waals surface area contributed by atoms with E-state index < -0.39 is 12.0 Å². The smallest absolute Gasteiger partial charge is 0.410 e. The van der Waals surface area contributed by atoms with E-state index in [9.17, 15) is 13.6 Å². The van der Waals surface area contributed by atoms with E-state index in [0.29, 0.717) is 13.1 Å². The molecule has 3 rings (SSSR count). The normalized spacial score (nSPS) is 20.6. The average Bonchev–Trinajstić information content (AvgIpc) is 2.75. The molecule has 2 aromatic rings. The summed E-state index contributed by atoms with van der Waals surface area (Å²) in [6.45, 7) is 10.8. The van der Waals surface area contributed by atoms with Crippen LogP contribution in [0.2, 0.25) is 0 Å². The Morgan fingerprint density at radius 2 is 1.42 bits per heavy atom. The first-order valence-electron chi connectivity index (χ1n) is 11.3. The zero-order chi connectivity index (χ0) is 24.3. The van der Waals surface area contributed by atoms with Gasteiger partial charge in [-0.1, -0.05) is 36.4 Å². The van der Waals surface area contributed by atoms with Crippen LogP contribution in [0.25, 0.3) is 0 Å². The maximum atomic E-state index is 13.1. The Labute approximate surface area is 195 Å². The van der Waals surface area contributed by atoms with Crippen molar-refractivity contribution in [3.05, 3.63) is 65.2 Å². The lowest BCUT2D eigenvalue weighted by Gasteiger charge is -2.47. The lowest BCUT2D eigenvalue weighted by molar-refractivity contribution is -0.0163. The largest absolute Gasteiger partial charge is 0.497 e. The summed E-state index contributed by atoms with van der Waals surface area (Å²) in [7, 11) is 1.62. The molecule has 1 fully saturated rings. The summed E-state index contributed by atoms with van der Waals surface area (Å²) in [4.78, 5) is 16.9. The van der Waals surface area contributed by atoms with Gasteiger partial charge in [-0.2, -0.15) is 0 Å². The molecule has 1 amide bonds. The second-order valence-electron chi connectivity index (χ2n) is 9.67. The van der Waals surface area contributed by atoms with E-state index in [4.69, 9.17) is 9.47 Å². The van der Waals surface area contributed by atoms with Gasteiger partial charge < -0.3 is 14.4 Å². The van der Waals surface area contributed by atoms with Crippen LogP contribution in [0.3, 0.4) is 0 Å². The van der Waals surface area contributed by atoms with Gasteiger partial charge in [0.25, 0.3) is 6.43 Å². The fourth-order valence-electron chi connectivity index (χ4n) is 4.27. The summed E-state index contributed by atoms with van der Waals surface area (Å²) in [6, 6.07) is 14.1. The quantitative estimate of drug-likeness (QED) is 0.545. The summed E-state index contributed by atoms with van der Waals surface area (Å²) in [5, 5.41) is 0. The molecular formula is C26H34F2N2O3. The molecule has 0 radical (unpaired) electrons. The number of benzene rings is 2. The number of carbonyl (C=O) groups excluding carboxylic acids is 1. The molecule has 2 aromatic carbocycles. The molecule has 0 aliphatic carbocycles. The molecule has 1 unspecified atom stereocenters. The number of ether oxygens (including phenoxy) is 2. The number of piperazine rings is 1. The topological polar surface area (TPSA) is 42.0 Å². The Morgan fingerprint density at radius 3 is 1.91 bits per heavy atom.